The standard InChI is InChI=1S/C18H27NO2/c1-14(15-5-7-16(20-2)8-6-15)19-13-17-9-12-18(21-17)10-3-4-11-18/h5-8,14,17,19H,3-4,9-13H2,1-2H3/t14-,17?/m1/s1. The highest BCUT2D eigenvalue weighted by molar-refractivity contribution is 5.28. The number of rotatable bonds is 5. The van der Waals surface area contributed by atoms with Gasteiger partial charge in [-0.15, -0.1) is 0 Å². The zero-order valence-electron chi connectivity index (χ0n) is 13.2. The fourth-order valence-electron chi connectivity index (χ4n) is 3.75. The third-order valence-corrected chi connectivity index (χ3v) is 5.12. The number of hydrogen-bond donors (Lipinski definition) is 1. The molecular weight excluding hydrogens is 262 g/mol. The molecule has 116 valence electrons. The molecule has 1 aromatic carbocycles. The van der Waals surface area contributed by atoms with Crippen LogP contribution in [0.3, 0.4) is 0 Å². The summed E-state index contributed by atoms with van der Waals surface area (Å²) in [7, 11) is 1.70. The molecule has 3 rings (SSSR count). The molecule has 1 heterocycles. The summed E-state index contributed by atoms with van der Waals surface area (Å²) in [5.74, 6) is 0.910. The van der Waals surface area contributed by atoms with Crippen LogP contribution in [0.25, 0.3) is 0 Å². The van der Waals surface area contributed by atoms with Crippen LogP contribution in [0.4, 0.5) is 0 Å². The van der Waals surface area contributed by atoms with Crippen LogP contribution < -0.4 is 10.1 Å². The summed E-state index contributed by atoms with van der Waals surface area (Å²) in [6.07, 6.45) is 8.11. The third-order valence-electron chi connectivity index (χ3n) is 5.12. The molecule has 0 bridgehead atoms. The minimum absolute atomic E-state index is 0.246. The van der Waals surface area contributed by atoms with Gasteiger partial charge in [0, 0.05) is 12.6 Å². The number of nitrogens with one attached hydrogen (secondary N) is 1. The van der Waals surface area contributed by atoms with Crippen LogP contribution in [0.15, 0.2) is 24.3 Å². The van der Waals surface area contributed by atoms with Gasteiger partial charge in [-0.1, -0.05) is 25.0 Å². The molecule has 0 aromatic heterocycles. The van der Waals surface area contributed by atoms with Crippen molar-refractivity contribution in [2.45, 2.75) is 63.2 Å². The molecule has 1 spiro atoms. The van der Waals surface area contributed by atoms with E-state index in [9.17, 15) is 0 Å². The highest BCUT2D eigenvalue weighted by Gasteiger charge is 2.41. The summed E-state index contributed by atoms with van der Waals surface area (Å²) >= 11 is 0. The van der Waals surface area contributed by atoms with E-state index in [2.05, 4.69) is 24.4 Å². The lowest BCUT2D eigenvalue weighted by Gasteiger charge is -2.24. The molecule has 1 N–H and O–H groups in total. The Morgan fingerprint density at radius 2 is 1.95 bits per heavy atom. The molecule has 1 aliphatic carbocycles. The molecule has 0 radical (unpaired) electrons. The number of methoxy groups -OCH3 is 1. The molecule has 1 aliphatic heterocycles. The Balaban J connectivity index is 1.48. The van der Waals surface area contributed by atoms with Gasteiger partial charge < -0.3 is 14.8 Å². The Hall–Kier alpha value is -1.06. The van der Waals surface area contributed by atoms with Gasteiger partial charge in [0.2, 0.25) is 0 Å². The van der Waals surface area contributed by atoms with Crippen molar-refractivity contribution >= 4 is 0 Å². The summed E-state index contributed by atoms with van der Waals surface area (Å²) in [5.41, 5.74) is 1.54. The first-order chi connectivity index (χ1) is 10.2. The van der Waals surface area contributed by atoms with Crippen LogP contribution in [0.1, 0.15) is 57.1 Å². The van der Waals surface area contributed by atoms with Crippen LogP contribution in [0, 0.1) is 0 Å². The predicted octanol–water partition coefficient (Wildman–Crippen LogP) is 3.84. The Morgan fingerprint density at radius 3 is 2.62 bits per heavy atom. The Bertz CT molecular complexity index is 451. The van der Waals surface area contributed by atoms with Crippen molar-refractivity contribution in [3.63, 3.8) is 0 Å². The maximum absolute atomic E-state index is 6.35. The quantitative estimate of drug-likeness (QED) is 0.893. The fraction of sp³-hybridized carbons (Fsp3) is 0.667. The lowest BCUT2D eigenvalue weighted by atomic mass is 9.98. The maximum atomic E-state index is 6.35. The second kappa shape index (κ2) is 6.37. The summed E-state index contributed by atoms with van der Waals surface area (Å²) in [6.45, 7) is 3.16. The molecule has 3 heteroatoms. The van der Waals surface area contributed by atoms with E-state index in [1.165, 1.54) is 44.1 Å². The number of ether oxygens (including phenoxy) is 2. The lowest BCUT2D eigenvalue weighted by molar-refractivity contribution is -0.0357. The van der Waals surface area contributed by atoms with Crippen molar-refractivity contribution in [1.82, 2.24) is 5.32 Å². The molecule has 1 aromatic rings. The number of hydrogen-bond acceptors (Lipinski definition) is 3. The van der Waals surface area contributed by atoms with E-state index >= 15 is 0 Å². The second-order valence-corrected chi connectivity index (χ2v) is 6.57. The van der Waals surface area contributed by atoms with Gasteiger partial charge in [-0.05, 0) is 50.3 Å². The van der Waals surface area contributed by atoms with Gasteiger partial charge in [0.15, 0.2) is 0 Å². The molecule has 1 saturated heterocycles. The molecule has 2 atom stereocenters. The topological polar surface area (TPSA) is 30.5 Å². The average Bonchev–Trinajstić information content (AvgIpc) is 3.15. The second-order valence-electron chi connectivity index (χ2n) is 6.57. The normalized spacial score (nSPS) is 25.3. The van der Waals surface area contributed by atoms with Gasteiger partial charge in [0.1, 0.15) is 5.75 Å². The molecule has 1 saturated carbocycles. The van der Waals surface area contributed by atoms with Gasteiger partial charge in [0.05, 0.1) is 18.8 Å². The summed E-state index contributed by atoms with van der Waals surface area (Å²) in [4.78, 5) is 0. The molecule has 2 fully saturated rings. The van der Waals surface area contributed by atoms with Crippen molar-refractivity contribution in [2.24, 2.45) is 0 Å². The first-order valence-electron chi connectivity index (χ1n) is 8.26. The van der Waals surface area contributed by atoms with E-state index in [0.717, 1.165) is 12.3 Å². The molecule has 1 unspecified atom stereocenters. The van der Waals surface area contributed by atoms with Crippen molar-refractivity contribution in [2.75, 3.05) is 13.7 Å². The predicted molar refractivity (Wildman–Crippen MR) is 84.7 cm³/mol. The van der Waals surface area contributed by atoms with Crippen molar-refractivity contribution in [3.05, 3.63) is 29.8 Å². The highest BCUT2D eigenvalue weighted by Crippen LogP contribution is 2.43. The Kier molecular flexibility index (Phi) is 4.51. The van der Waals surface area contributed by atoms with E-state index < -0.39 is 0 Å². The van der Waals surface area contributed by atoms with E-state index in [1.54, 1.807) is 7.11 Å². The largest absolute Gasteiger partial charge is 0.497 e. The number of benzene rings is 1. The molecule has 3 nitrogen and oxygen atoms in total. The van der Waals surface area contributed by atoms with Gasteiger partial charge in [0.25, 0.3) is 0 Å². The minimum atomic E-state index is 0.246. The van der Waals surface area contributed by atoms with Crippen LogP contribution in [0.2, 0.25) is 0 Å². The smallest absolute Gasteiger partial charge is 0.118 e. The van der Waals surface area contributed by atoms with Crippen molar-refractivity contribution in [3.8, 4) is 5.75 Å². The monoisotopic (exact) mass is 289 g/mol. The highest BCUT2D eigenvalue weighted by atomic mass is 16.5. The molecule has 0 amide bonds. The van der Waals surface area contributed by atoms with Gasteiger partial charge in [-0.3, -0.25) is 0 Å². The van der Waals surface area contributed by atoms with Crippen molar-refractivity contribution in [1.29, 1.82) is 0 Å². The van der Waals surface area contributed by atoms with Gasteiger partial charge in [-0.2, -0.15) is 0 Å². The van der Waals surface area contributed by atoms with Crippen LogP contribution >= 0.6 is 0 Å². The summed E-state index contributed by atoms with van der Waals surface area (Å²) in [6, 6.07) is 8.65. The zero-order valence-corrected chi connectivity index (χ0v) is 13.2. The Labute approximate surface area is 128 Å². The van der Waals surface area contributed by atoms with Crippen LogP contribution in [-0.4, -0.2) is 25.4 Å². The minimum Gasteiger partial charge on any atom is -0.497 e. The van der Waals surface area contributed by atoms with E-state index in [1.807, 2.05) is 12.1 Å². The SMILES string of the molecule is COc1ccc([C@@H](C)NCC2CCC3(CCCC3)O2)cc1. The van der Waals surface area contributed by atoms with Crippen LogP contribution in [-0.2, 0) is 4.74 Å². The average molecular weight is 289 g/mol. The first kappa shape index (κ1) is 14.9. The van der Waals surface area contributed by atoms with E-state index in [0.29, 0.717) is 12.1 Å². The Morgan fingerprint density at radius 1 is 1.24 bits per heavy atom. The van der Waals surface area contributed by atoms with Gasteiger partial charge in [-0.25, -0.2) is 0 Å². The van der Waals surface area contributed by atoms with Crippen molar-refractivity contribution < 1.29 is 9.47 Å². The first-order valence-corrected chi connectivity index (χ1v) is 8.26. The fourth-order valence-corrected chi connectivity index (χ4v) is 3.75. The molecule has 21 heavy (non-hydrogen) atoms. The summed E-state index contributed by atoms with van der Waals surface area (Å²) < 4.78 is 11.6. The zero-order chi connectivity index (χ0) is 14.7. The van der Waals surface area contributed by atoms with Gasteiger partial charge >= 0.3 is 0 Å². The van der Waals surface area contributed by atoms with Crippen LogP contribution in [0.5, 0.6) is 5.75 Å². The molecule has 2 aliphatic rings. The van der Waals surface area contributed by atoms with E-state index in [4.69, 9.17) is 9.47 Å². The summed E-state index contributed by atoms with van der Waals surface area (Å²) in [5, 5.41) is 3.62. The molecular formula is C18H27NO2. The lowest BCUT2D eigenvalue weighted by Crippen LogP contribution is -2.32. The maximum Gasteiger partial charge on any atom is 0.118 e. The van der Waals surface area contributed by atoms with E-state index in [-0.39, 0.29) is 5.60 Å². The third kappa shape index (κ3) is 3.41.